The van der Waals surface area contributed by atoms with Crippen LogP contribution in [0.15, 0.2) is 109 Å². The lowest BCUT2D eigenvalue weighted by molar-refractivity contribution is 0.401. The Morgan fingerprint density at radius 1 is 0.500 bits per heavy atom. The first-order chi connectivity index (χ1) is 25.5. The van der Waals surface area contributed by atoms with Crippen LogP contribution in [0.3, 0.4) is 0 Å². The van der Waals surface area contributed by atoms with Crippen molar-refractivity contribution >= 4 is 17.1 Å². The van der Waals surface area contributed by atoms with Crippen LogP contribution in [-0.4, -0.2) is 0 Å². The van der Waals surface area contributed by atoms with E-state index in [-0.39, 0.29) is 5.41 Å². The minimum Gasteiger partial charge on any atom is -0.311 e. The molecule has 0 heterocycles. The van der Waals surface area contributed by atoms with E-state index in [1.165, 1.54) is 152 Å². The zero-order valence-electron chi connectivity index (χ0n) is 32.5. The highest BCUT2D eigenvalue weighted by Crippen LogP contribution is 2.55. The van der Waals surface area contributed by atoms with Gasteiger partial charge in [0.05, 0.1) is 0 Å². The number of rotatable bonds is 15. The molecule has 7 rings (SSSR count). The van der Waals surface area contributed by atoms with Gasteiger partial charge < -0.3 is 4.90 Å². The quantitative estimate of drug-likeness (QED) is 0.0990. The largest absolute Gasteiger partial charge is 0.311 e. The number of hydrogen-bond donors (Lipinski definition) is 0. The Labute approximate surface area is 315 Å². The van der Waals surface area contributed by atoms with Gasteiger partial charge in [-0.15, -0.1) is 0 Å². The first-order valence-electron chi connectivity index (χ1n) is 20.8. The highest BCUT2D eigenvalue weighted by Gasteiger charge is 2.42. The third kappa shape index (κ3) is 7.66. The molecule has 0 unspecified atom stereocenters. The van der Waals surface area contributed by atoms with Gasteiger partial charge in [0.2, 0.25) is 0 Å². The van der Waals surface area contributed by atoms with Gasteiger partial charge in [0.1, 0.15) is 0 Å². The summed E-state index contributed by atoms with van der Waals surface area (Å²) >= 11 is 0. The number of unbranched alkanes of at least 4 members (excludes halogenated alkanes) is 6. The van der Waals surface area contributed by atoms with E-state index in [0.29, 0.717) is 5.92 Å². The zero-order valence-corrected chi connectivity index (χ0v) is 32.5. The lowest BCUT2D eigenvalue weighted by Gasteiger charge is -2.33. The van der Waals surface area contributed by atoms with E-state index in [9.17, 15) is 0 Å². The Morgan fingerprint density at radius 2 is 1.00 bits per heavy atom. The molecule has 0 spiro atoms. The van der Waals surface area contributed by atoms with Gasteiger partial charge in [-0.3, -0.25) is 0 Å². The van der Waals surface area contributed by atoms with Crippen LogP contribution < -0.4 is 4.90 Å². The Morgan fingerprint density at radius 3 is 1.60 bits per heavy atom. The van der Waals surface area contributed by atoms with Crippen LogP contribution in [-0.2, 0) is 5.41 Å². The molecule has 0 bridgehead atoms. The molecule has 5 aromatic carbocycles. The Balaban J connectivity index is 1.23. The number of fused-ring (bicyclic) bond motifs is 3. The summed E-state index contributed by atoms with van der Waals surface area (Å²) in [5.74, 6) is 0.713. The monoisotopic (exact) mass is 687 g/mol. The lowest BCUT2D eigenvalue weighted by atomic mass is 9.70. The summed E-state index contributed by atoms with van der Waals surface area (Å²) < 4.78 is 0. The van der Waals surface area contributed by atoms with Crippen molar-refractivity contribution in [3.05, 3.63) is 137 Å². The van der Waals surface area contributed by atoms with Crippen molar-refractivity contribution in [1.29, 1.82) is 0 Å². The number of anilines is 3. The van der Waals surface area contributed by atoms with Gasteiger partial charge in [-0.2, -0.15) is 0 Å². The standard InChI is InChI=1S/C51H61N/c1-5-7-9-14-34-51(35-15-10-8-6-2)49-36-39(4)20-32-47(49)48-33-25-43(37-50(48)51)42-23-30-46(31-24-42)52(44-26-18-38(3)19-27-44)45-28-21-41(22-29-45)40-16-12-11-13-17-40/h18-33,36-37,40H,5-17,34-35H2,1-4H3. The van der Waals surface area contributed by atoms with E-state index in [1.807, 2.05) is 0 Å². The molecule has 5 aromatic rings. The first-order valence-corrected chi connectivity index (χ1v) is 20.8. The smallest absolute Gasteiger partial charge is 0.0462 e. The minimum absolute atomic E-state index is 0.0974. The molecule has 0 amide bonds. The predicted molar refractivity (Wildman–Crippen MR) is 226 cm³/mol. The SMILES string of the molecule is CCCCCCC1(CCCCCC)c2cc(C)ccc2-c2ccc(-c3ccc(N(c4ccc(C)cc4)c4ccc(C5CCCCC5)cc4)cc3)cc21. The van der Waals surface area contributed by atoms with Crippen LogP contribution in [0.25, 0.3) is 22.3 Å². The second-order valence-electron chi connectivity index (χ2n) is 16.2. The number of nitrogens with zero attached hydrogens (tertiary/aromatic N) is 1. The van der Waals surface area contributed by atoms with Crippen LogP contribution in [0.4, 0.5) is 17.1 Å². The number of aryl methyl sites for hydroxylation is 2. The summed E-state index contributed by atoms with van der Waals surface area (Å²) in [7, 11) is 0. The van der Waals surface area contributed by atoms with Crippen molar-refractivity contribution < 1.29 is 0 Å². The normalized spacial score (nSPS) is 15.0. The molecule has 1 saturated carbocycles. The van der Waals surface area contributed by atoms with Crippen LogP contribution in [0.1, 0.15) is 144 Å². The summed E-state index contributed by atoms with van der Waals surface area (Å²) in [5.41, 5.74) is 16.6. The van der Waals surface area contributed by atoms with Crippen molar-refractivity contribution in [1.82, 2.24) is 0 Å². The maximum absolute atomic E-state index is 2.58. The van der Waals surface area contributed by atoms with Crippen LogP contribution in [0.2, 0.25) is 0 Å². The lowest BCUT2D eigenvalue weighted by Crippen LogP contribution is -2.25. The molecular weight excluding hydrogens is 627 g/mol. The number of benzene rings is 5. The fraction of sp³-hybridized carbons (Fsp3) is 0.412. The van der Waals surface area contributed by atoms with Gasteiger partial charge in [-0.25, -0.2) is 0 Å². The van der Waals surface area contributed by atoms with E-state index >= 15 is 0 Å². The van der Waals surface area contributed by atoms with Crippen LogP contribution in [0.5, 0.6) is 0 Å². The molecule has 2 aliphatic carbocycles. The van der Waals surface area contributed by atoms with E-state index in [1.54, 1.807) is 11.1 Å². The zero-order chi connectivity index (χ0) is 35.9. The summed E-state index contributed by atoms with van der Waals surface area (Å²) in [5, 5.41) is 0. The Kier molecular flexibility index (Phi) is 11.7. The maximum atomic E-state index is 2.58. The predicted octanol–water partition coefficient (Wildman–Crippen LogP) is 15.7. The van der Waals surface area contributed by atoms with E-state index in [4.69, 9.17) is 0 Å². The van der Waals surface area contributed by atoms with Crippen molar-refractivity contribution in [2.75, 3.05) is 4.90 Å². The van der Waals surface area contributed by atoms with Gasteiger partial charge in [0.15, 0.2) is 0 Å². The Hall–Kier alpha value is -4.10. The summed E-state index contributed by atoms with van der Waals surface area (Å²) in [6.45, 7) is 9.11. The maximum Gasteiger partial charge on any atom is 0.0462 e. The topological polar surface area (TPSA) is 3.24 Å². The second kappa shape index (κ2) is 16.7. The van der Waals surface area contributed by atoms with Gasteiger partial charge >= 0.3 is 0 Å². The van der Waals surface area contributed by atoms with Crippen LogP contribution >= 0.6 is 0 Å². The summed E-state index contributed by atoms with van der Waals surface area (Å²) in [6, 6.07) is 42.5. The molecule has 1 fully saturated rings. The fourth-order valence-corrected chi connectivity index (χ4v) is 9.43. The molecular formula is C51H61N. The molecule has 2 aliphatic rings. The summed E-state index contributed by atoms with van der Waals surface area (Å²) in [4.78, 5) is 2.42. The average Bonchev–Trinajstić information content (AvgIpc) is 3.44. The van der Waals surface area contributed by atoms with Gasteiger partial charge in [0.25, 0.3) is 0 Å². The Bertz CT molecular complexity index is 1880. The first kappa shape index (κ1) is 36.3. The van der Waals surface area contributed by atoms with Crippen molar-refractivity contribution in [2.45, 2.75) is 135 Å². The summed E-state index contributed by atoms with van der Waals surface area (Å²) in [6.07, 6.45) is 19.7. The van der Waals surface area contributed by atoms with Crippen molar-refractivity contribution in [3.63, 3.8) is 0 Å². The molecule has 0 N–H and O–H groups in total. The van der Waals surface area contributed by atoms with Crippen LogP contribution in [0, 0.1) is 13.8 Å². The average molecular weight is 688 g/mol. The van der Waals surface area contributed by atoms with Crippen molar-refractivity contribution in [2.24, 2.45) is 0 Å². The molecule has 0 saturated heterocycles. The van der Waals surface area contributed by atoms with Crippen molar-refractivity contribution in [3.8, 4) is 22.3 Å². The molecule has 270 valence electrons. The van der Waals surface area contributed by atoms with E-state index in [2.05, 4.69) is 142 Å². The van der Waals surface area contributed by atoms with Gasteiger partial charge in [-0.1, -0.05) is 162 Å². The van der Waals surface area contributed by atoms with E-state index < -0.39 is 0 Å². The highest BCUT2D eigenvalue weighted by molar-refractivity contribution is 5.85. The molecule has 1 heteroatoms. The molecule has 0 aromatic heterocycles. The third-order valence-electron chi connectivity index (χ3n) is 12.4. The highest BCUT2D eigenvalue weighted by atomic mass is 15.1. The molecule has 0 aliphatic heterocycles. The molecule has 0 atom stereocenters. The van der Waals surface area contributed by atoms with Gasteiger partial charge in [0, 0.05) is 22.5 Å². The molecule has 52 heavy (non-hydrogen) atoms. The molecule has 0 radical (unpaired) electrons. The number of hydrogen-bond acceptors (Lipinski definition) is 1. The van der Waals surface area contributed by atoms with Gasteiger partial charge in [-0.05, 0) is 127 Å². The van der Waals surface area contributed by atoms with E-state index in [0.717, 1.165) is 0 Å². The fourth-order valence-electron chi connectivity index (χ4n) is 9.43. The molecule has 1 nitrogen and oxygen atoms in total. The second-order valence-corrected chi connectivity index (χ2v) is 16.2. The minimum atomic E-state index is 0.0974. The third-order valence-corrected chi connectivity index (χ3v) is 12.4.